The molecule has 1 amide bonds. The van der Waals surface area contributed by atoms with E-state index in [2.05, 4.69) is 4.90 Å². The fourth-order valence-electron chi connectivity index (χ4n) is 3.68. The summed E-state index contributed by atoms with van der Waals surface area (Å²) in [6, 6.07) is 5.87. The molecule has 1 aliphatic heterocycles. The summed E-state index contributed by atoms with van der Waals surface area (Å²) in [6.45, 7) is 3.14. The van der Waals surface area contributed by atoms with Crippen LogP contribution in [0.4, 0.5) is 0 Å². The van der Waals surface area contributed by atoms with Crippen LogP contribution in [0.15, 0.2) is 18.2 Å². The van der Waals surface area contributed by atoms with Crippen LogP contribution in [0.3, 0.4) is 0 Å². The number of hydrogen-bond donors (Lipinski definition) is 1. The average molecular weight is 337 g/mol. The molecule has 23 heavy (non-hydrogen) atoms. The Morgan fingerprint density at radius 1 is 1.35 bits per heavy atom. The van der Waals surface area contributed by atoms with Gasteiger partial charge in [0.05, 0.1) is 5.60 Å². The van der Waals surface area contributed by atoms with Crippen LogP contribution in [0.2, 0.25) is 5.02 Å². The minimum absolute atomic E-state index is 0.0851. The topological polar surface area (TPSA) is 43.8 Å². The number of rotatable bonds is 4. The van der Waals surface area contributed by atoms with Crippen LogP contribution >= 0.6 is 11.6 Å². The second-order valence-corrected chi connectivity index (χ2v) is 7.57. The summed E-state index contributed by atoms with van der Waals surface area (Å²) >= 11 is 6.43. The molecule has 1 saturated heterocycles. The molecule has 1 heterocycles. The van der Waals surface area contributed by atoms with Gasteiger partial charge in [-0.2, -0.15) is 0 Å². The Kier molecular flexibility index (Phi) is 4.68. The van der Waals surface area contributed by atoms with E-state index < -0.39 is 5.60 Å². The van der Waals surface area contributed by atoms with Crippen molar-refractivity contribution in [2.75, 3.05) is 27.2 Å². The van der Waals surface area contributed by atoms with Gasteiger partial charge in [-0.1, -0.05) is 23.7 Å². The zero-order valence-corrected chi connectivity index (χ0v) is 14.6. The molecule has 3 rings (SSSR count). The van der Waals surface area contributed by atoms with E-state index in [1.165, 1.54) is 12.8 Å². The van der Waals surface area contributed by atoms with Gasteiger partial charge in [0.1, 0.15) is 0 Å². The molecule has 5 heteroatoms. The Labute approximate surface area is 143 Å². The Hall–Kier alpha value is -1.10. The van der Waals surface area contributed by atoms with Gasteiger partial charge >= 0.3 is 0 Å². The number of nitrogens with zero attached hydrogens (tertiary/aromatic N) is 2. The fraction of sp³-hybridized carbons (Fsp3) is 0.611. The number of carbonyl (C=O) groups excluding carboxylic acids is 1. The normalized spacial score (nSPS) is 27.7. The molecule has 0 bridgehead atoms. The van der Waals surface area contributed by atoms with Crippen molar-refractivity contribution in [3.63, 3.8) is 0 Å². The molecular weight excluding hydrogens is 312 g/mol. The second kappa shape index (κ2) is 6.42. The number of halogens is 1. The summed E-state index contributed by atoms with van der Waals surface area (Å²) in [6.07, 6.45) is 3.48. The van der Waals surface area contributed by atoms with Crippen LogP contribution in [-0.4, -0.2) is 48.0 Å². The third-order valence-electron chi connectivity index (χ3n) is 5.14. The molecule has 0 atom stereocenters. The molecule has 1 saturated carbocycles. The highest BCUT2D eigenvalue weighted by Gasteiger charge is 2.47. The first-order valence-electron chi connectivity index (χ1n) is 8.34. The van der Waals surface area contributed by atoms with E-state index >= 15 is 0 Å². The first kappa shape index (κ1) is 16.7. The quantitative estimate of drug-likeness (QED) is 0.919. The fourth-order valence-corrected chi connectivity index (χ4v) is 3.92. The SMILES string of the molecule is CN(C)C(=O)C1CC(O)(c2ccc(CN3CCCC3)c(Cl)c2)C1. The maximum atomic E-state index is 11.9. The summed E-state index contributed by atoms with van der Waals surface area (Å²) in [5.41, 5.74) is 1.03. The number of carbonyl (C=O) groups is 1. The monoisotopic (exact) mass is 336 g/mol. The average Bonchev–Trinajstić information content (AvgIpc) is 2.98. The van der Waals surface area contributed by atoms with E-state index in [-0.39, 0.29) is 11.8 Å². The van der Waals surface area contributed by atoms with Crippen molar-refractivity contribution in [1.29, 1.82) is 0 Å². The molecule has 1 aromatic carbocycles. The van der Waals surface area contributed by atoms with E-state index in [0.717, 1.165) is 30.8 Å². The predicted octanol–water partition coefficient (Wildman–Crippen LogP) is 2.62. The maximum Gasteiger partial charge on any atom is 0.225 e. The van der Waals surface area contributed by atoms with Crippen molar-refractivity contribution in [2.24, 2.45) is 5.92 Å². The predicted molar refractivity (Wildman–Crippen MR) is 91.3 cm³/mol. The second-order valence-electron chi connectivity index (χ2n) is 7.16. The third-order valence-corrected chi connectivity index (χ3v) is 5.49. The summed E-state index contributed by atoms with van der Waals surface area (Å²) in [5.74, 6) is 0.00415. The van der Waals surface area contributed by atoms with Gasteiger partial charge in [-0.05, 0) is 56.0 Å². The van der Waals surface area contributed by atoms with Gasteiger partial charge < -0.3 is 10.0 Å². The van der Waals surface area contributed by atoms with Gasteiger partial charge in [-0.15, -0.1) is 0 Å². The zero-order chi connectivity index (χ0) is 16.6. The largest absolute Gasteiger partial charge is 0.385 e. The van der Waals surface area contributed by atoms with Crippen molar-refractivity contribution >= 4 is 17.5 Å². The van der Waals surface area contributed by atoms with Crippen LogP contribution in [0, 0.1) is 5.92 Å². The van der Waals surface area contributed by atoms with E-state index in [1.807, 2.05) is 18.2 Å². The molecule has 1 aromatic rings. The van der Waals surface area contributed by atoms with E-state index in [0.29, 0.717) is 17.9 Å². The van der Waals surface area contributed by atoms with Crippen molar-refractivity contribution in [1.82, 2.24) is 9.80 Å². The molecular formula is C18H25ClN2O2. The molecule has 126 valence electrons. The van der Waals surface area contributed by atoms with Gasteiger partial charge in [-0.25, -0.2) is 0 Å². The molecule has 0 aromatic heterocycles. The summed E-state index contributed by atoms with van der Waals surface area (Å²) in [4.78, 5) is 15.9. The van der Waals surface area contributed by atoms with Crippen molar-refractivity contribution in [3.8, 4) is 0 Å². The maximum absolute atomic E-state index is 11.9. The van der Waals surface area contributed by atoms with Gasteiger partial charge in [0.15, 0.2) is 0 Å². The van der Waals surface area contributed by atoms with Gasteiger partial charge in [0, 0.05) is 31.6 Å². The molecule has 4 nitrogen and oxygen atoms in total. The molecule has 0 spiro atoms. The first-order chi connectivity index (χ1) is 10.9. The van der Waals surface area contributed by atoms with Crippen LogP contribution in [-0.2, 0) is 16.9 Å². The Bertz CT molecular complexity index is 591. The lowest BCUT2D eigenvalue weighted by Gasteiger charge is -2.44. The smallest absolute Gasteiger partial charge is 0.225 e. The Balaban J connectivity index is 1.67. The molecule has 1 aliphatic carbocycles. The van der Waals surface area contributed by atoms with E-state index in [4.69, 9.17) is 11.6 Å². The number of benzene rings is 1. The lowest BCUT2D eigenvalue weighted by Crippen LogP contribution is -2.47. The number of aliphatic hydroxyl groups is 1. The summed E-state index contributed by atoms with van der Waals surface area (Å²) in [5, 5.41) is 11.5. The minimum Gasteiger partial charge on any atom is -0.385 e. The highest BCUT2D eigenvalue weighted by atomic mass is 35.5. The van der Waals surface area contributed by atoms with Crippen LogP contribution in [0.5, 0.6) is 0 Å². The summed E-state index contributed by atoms with van der Waals surface area (Å²) < 4.78 is 0. The van der Waals surface area contributed by atoms with Crippen LogP contribution < -0.4 is 0 Å². The van der Waals surface area contributed by atoms with Crippen molar-refractivity contribution in [3.05, 3.63) is 34.3 Å². The van der Waals surface area contributed by atoms with E-state index in [9.17, 15) is 9.90 Å². The van der Waals surface area contributed by atoms with Gasteiger partial charge in [0.2, 0.25) is 5.91 Å². The van der Waals surface area contributed by atoms with Crippen molar-refractivity contribution < 1.29 is 9.90 Å². The lowest BCUT2D eigenvalue weighted by molar-refractivity contribution is -0.150. The molecule has 1 N–H and O–H groups in total. The first-order valence-corrected chi connectivity index (χ1v) is 8.72. The number of amides is 1. The molecule has 2 aliphatic rings. The Morgan fingerprint density at radius 3 is 2.57 bits per heavy atom. The highest BCUT2D eigenvalue weighted by Crippen LogP contribution is 2.46. The third kappa shape index (κ3) is 3.39. The van der Waals surface area contributed by atoms with Crippen LogP contribution in [0.1, 0.15) is 36.8 Å². The van der Waals surface area contributed by atoms with E-state index in [1.54, 1.807) is 19.0 Å². The molecule has 2 fully saturated rings. The Morgan fingerprint density at radius 2 is 2.00 bits per heavy atom. The lowest BCUT2D eigenvalue weighted by atomic mass is 9.67. The van der Waals surface area contributed by atoms with Crippen molar-refractivity contribution in [2.45, 2.75) is 37.8 Å². The summed E-state index contributed by atoms with van der Waals surface area (Å²) in [7, 11) is 3.51. The molecule has 0 unspecified atom stereocenters. The standard InChI is InChI=1S/C18H25ClN2O2/c1-20(2)17(22)14-10-18(23,11-14)15-6-5-13(16(19)9-15)12-21-7-3-4-8-21/h5-6,9,14,23H,3-4,7-8,10-12H2,1-2H3. The number of likely N-dealkylation sites (tertiary alicyclic amines) is 1. The van der Waals surface area contributed by atoms with Gasteiger partial charge in [-0.3, -0.25) is 9.69 Å². The van der Waals surface area contributed by atoms with Crippen LogP contribution in [0.25, 0.3) is 0 Å². The number of hydrogen-bond acceptors (Lipinski definition) is 3. The highest BCUT2D eigenvalue weighted by molar-refractivity contribution is 6.31. The molecule has 0 radical (unpaired) electrons. The van der Waals surface area contributed by atoms with Gasteiger partial charge in [0.25, 0.3) is 0 Å². The minimum atomic E-state index is -0.911. The zero-order valence-electron chi connectivity index (χ0n) is 13.9.